The highest BCUT2D eigenvalue weighted by atomic mass is 35.5. The van der Waals surface area contributed by atoms with Crippen molar-refractivity contribution < 1.29 is 8.42 Å². The minimum Gasteiger partial charge on any atom is -0.288 e. The van der Waals surface area contributed by atoms with Gasteiger partial charge in [0.2, 0.25) is 0 Å². The molecule has 21 heavy (non-hydrogen) atoms. The number of aromatic amines is 1. The predicted octanol–water partition coefficient (Wildman–Crippen LogP) is 1.50. The van der Waals surface area contributed by atoms with Crippen LogP contribution in [0.2, 0.25) is 5.15 Å². The summed E-state index contributed by atoms with van der Waals surface area (Å²) in [5.74, 6) is 0. The first-order chi connectivity index (χ1) is 9.99. The molecular weight excluding hydrogens is 314 g/mol. The molecule has 0 saturated carbocycles. The van der Waals surface area contributed by atoms with Gasteiger partial charge in [-0.25, -0.2) is 18.1 Å². The van der Waals surface area contributed by atoms with Gasteiger partial charge in [0.15, 0.2) is 10.2 Å². The Balaban J connectivity index is 1.97. The molecule has 3 heterocycles. The van der Waals surface area contributed by atoms with E-state index >= 15 is 0 Å². The molecule has 0 unspecified atom stereocenters. The van der Waals surface area contributed by atoms with Crippen LogP contribution in [0.5, 0.6) is 0 Å². The zero-order chi connectivity index (χ0) is 15.0. The number of imidazole rings is 1. The predicted molar refractivity (Wildman–Crippen MR) is 77.6 cm³/mol. The van der Waals surface area contributed by atoms with Gasteiger partial charge in [-0.3, -0.25) is 9.50 Å². The third-order valence-electron chi connectivity index (χ3n) is 3.09. The second-order valence-electron chi connectivity index (χ2n) is 4.48. The Morgan fingerprint density at radius 3 is 2.95 bits per heavy atom. The zero-order valence-corrected chi connectivity index (χ0v) is 12.6. The number of halogens is 1. The van der Waals surface area contributed by atoms with Crippen molar-refractivity contribution in [2.75, 3.05) is 0 Å². The molecule has 0 bridgehead atoms. The Kier molecular flexibility index (Phi) is 3.44. The van der Waals surface area contributed by atoms with Crippen LogP contribution in [-0.4, -0.2) is 28.0 Å². The number of rotatable bonds is 4. The number of pyridine rings is 1. The highest BCUT2D eigenvalue weighted by molar-refractivity contribution is 7.89. The van der Waals surface area contributed by atoms with Gasteiger partial charge >= 0.3 is 0 Å². The number of H-pyrrole nitrogens is 1. The van der Waals surface area contributed by atoms with Crippen LogP contribution >= 0.6 is 11.6 Å². The number of aryl methyl sites for hydroxylation is 1. The fraction of sp³-hybridized carbons (Fsp3) is 0.167. The highest BCUT2D eigenvalue weighted by Gasteiger charge is 2.24. The highest BCUT2D eigenvalue weighted by Crippen LogP contribution is 2.22. The van der Waals surface area contributed by atoms with Crippen molar-refractivity contribution >= 4 is 27.3 Å². The average molecular weight is 326 g/mol. The average Bonchev–Trinajstić information content (AvgIpc) is 2.99. The summed E-state index contributed by atoms with van der Waals surface area (Å²) in [4.78, 5) is 4.03. The van der Waals surface area contributed by atoms with Crippen LogP contribution in [-0.2, 0) is 16.6 Å². The second-order valence-corrected chi connectivity index (χ2v) is 6.52. The molecule has 0 spiro atoms. The zero-order valence-electron chi connectivity index (χ0n) is 11.0. The maximum atomic E-state index is 12.4. The minimum absolute atomic E-state index is 0.0578. The number of fused-ring (bicyclic) bond motifs is 1. The van der Waals surface area contributed by atoms with Crippen molar-refractivity contribution in [3.8, 4) is 0 Å². The normalized spacial score (nSPS) is 12.1. The van der Waals surface area contributed by atoms with Crippen molar-refractivity contribution in [3.05, 3.63) is 47.0 Å². The van der Waals surface area contributed by atoms with Gasteiger partial charge < -0.3 is 0 Å². The van der Waals surface area contributed by atoms with E-state index in [1.165, 1.54) is 4.40 Å². The van der Waals surface area contributed by atoms with Gasteiger partial charge in [-0.05, 0) is 19.1 Å². The lowest BCUT2D eigenvalue weighted by atomic mass is 10.3. The van der Waals surface area contributed by atoms with Crippen molar-refractivity contribution in [1.29, 1.82) is 0 Å². The van der Waals surface area contributed by atoms with E-state index in [0.29, 0.717) is 5.65 Å². The van der Waals surface area contributed by atoms with E-state index < -0.39 is 10.0 Å². The van der Waals surface area contributed by atoms with E-state index in [-0.39, 0.29) is 16.7 Å². The quantitative estimate of drug-likeness (QED) is 0.760. The maximum Gasteiger partial charge on any atom is 0.260 e. The van der Waals surface area contributed by atoms with Crippen molar-refractivity contribution in [2.24, 2.45) is 0 Å². The Morgan fingerprint density at radius 1 is 1.43 bits per heavy atom. The fourth-order valence-electron chi connectivity index (χ4n) is 1.98. The van der Waals surface area contributed by atoms with Gasteiger partial charge in [0.05, 0.1) is 6.20 Å². The van der Waals surface area contributed by atoms with Crippen LogP contribution in [0.1, 0.15) is 11.3 Å². The van der Waals surface area contributed by atoms with Crippen LogP contribution in [0.4, 0.5) is 0 Å². The molecule has 3 aromatic rings. The number of aromatic nitrogens is 4. The largest absolute Gasteiger partial charge is 0.288 e. The molecule has 3 rings (SSSR count). The summed E-state index contributed by atoms with van der Waals surface area (Å²) in [6.07, 6.45) is 3.18. The summed E-state index contributed by atoms with van der Waals surface area (Å²) in [5, 5.41) is 6.48. The molecule has 0 aromatic carbocycles. The van der Waals surface area contributed by atoms with Crippen molar-refractivity contribution in [1.82, 2.24) is 24.3 Å². The van der Waals surface area contributed by atoms with Crippen molar-refractivity contribution in [2.45, 2.75) is 18.5 Å². The fourth-order valence-corrected chi connectivity index (χ4v) is 3.63. The van der Waals surface area contributed by atoms with Crippen LogP contribution < -0.4 is 4.72 Å². The lowest BCUT2D eigenvalue weighted by molar-refractivity contribution is 0.576. The van der Waals surface area contributed by atoms with Gasteiger partial charge in [0.25, 0.3) is 10.0 Å². The number of sulfonamides is 1. The molecule has 110 valence electrons. The topological polar surface area (TPSA) is 92.1 Å². The number of hydrogen-bond acceptors (Lipinski definition) is 4. The van der Waals surface area contributed by atoms with E-state index in [1.807, 2.05) is 6.92 Å². The Hall–Kier alpha value is -1.90. The monoisotopic (exact) mass is 325 g/mol. The molecule has 0 amide bonds. The molecule has 7 nitrogen and oxygen atoms in total. The van der Waals surface area contributed by atoms with Gasteiger partial charge in [-0.2, -0.15) is 5.10 Å². The first-order valence-corrected chi connectivity index (χ1v) is 7.96. The van der Waals surface area contributed by atoms with Gasteiger partial charge in [0, 0.05) is 24.0 Å². The second kappa shape index (κ2) is 5.14. The maximum absolute atomic E-state index is 12.4. The minimum atomic E-state index is -3.79. The van der Waals surface area contributed by atoms with E-state index in [0.717, 1.165) is 11.3 Å². The molecule has 0 aliphatic rings. The Morgan fingerprint density at radius 2 is 2.24 bits per heavy atom. The molecule has 0 aliphatic carbocycles. The summed E-state index contributed by atoms with van der Waals surface area (Å²) < 4.78 is 28.8. The molecule has 0 saturated heterocycles. The van der Waals surface area contributed by atoms with E-state index in [9.17, 15) is 8.42 Å². The molecular formula is C12H12ClN5O2S. The summed E-state index contributed by atoms with van der Waals surface area (Å²) >= 11 is 5.97. The van der Waals surface area contributed by atoms with Crippen LogP contribution in [0.15, 0.2) is 35.6 Å². The van der Waals surface area contributed by atoms with E-state index in [2.05, 4.69) is 19.9 Å². The molecule has 0 atom stereocenters. The lowest BCUT2D eigenvalue weighted by Gasteiger charge is -2.06. The molecule has 0 aliphatic heterocycles. The standard InChI is InChI=1S/C12H12ClN5O2S/c1-8-9(6-14-17-8)7-15-21(19,20)12-11(13)16-10-4-2-3-5-18(10)12/h2-6,15H,7H2,1H3,(H,14,17). The smallest absolute Gasteiger partial charge is 0.260 e. The summed E-state index contributed by atoms with van der Waals surface area (Å²) in [6.45, 7) is 1.94. The molecule has 9 heteroatoms. The lowest BCUT2D eigenvalue weighted by Crippen LogP contribution is -2.25. The van der Waals surface area contributed by atoms with Gasteiger partial charge in [-0.1, -0.05) is 17.7 Å². The van der Waals surface area contributed by atoms with Crippen LogP contribution in [0.25, 0.3) is 5.65 Å². The first kappa shape index (κ1) is 14.1. The third kappa shape index (κ3) is 2.53. The number of hydrogen-bond donors (Lipinski definition) is 2. The number of nitrogens with one attached hydrogen (secondary N) is 2. The van der Waals surface area contributed by atoms with Gasteiger partial charge in [0.1, 0.15) is 5.65 Å². The molecule has 0 fully saturated rings. The van der Waals surface area contributed by atoms with Gasteiger partial charge in [-0.15, -0.1) is 0 Å². The Labute approximate surface area is 126 Å². The SMILES string of the molecule is Cc1[nH]ncc1CNS(=O)(=O)c1c(Cl)nc2ccccn12. The first-order valence-electron chi connectivity index (χ1n) is 6.10. The van der Waals surface area contributed by atoms with Crippen LogP contribution in [0.3, 0.4) is 0 Å². The molecule has 0 radical (unpaired) electrons. The summed E-state index contributed by atoms with van der Waals surface area (Å²) in [6, 6.07) is 5.16. The molecule has 2 N–H and O–H groups in total. The van der Waals surface area contributed by atoms with Crippen LogP contribution in [0, 0.1) is 6.92 Å². The molecule has 3 aromatic heterocycles. The van der Waals surface area contributed by atoms with Crippen molar-refractivity contribution in [3.63, 3.8) is 0 Å². The Bertz CT molecular complexity index is 899. The number of nitrogens with zero attached hydrogens (tertiary/aromatic N) is 3. The van der Waals surface area contributed by atoms with E-state index in [4.69, 9.17) is 11.6 Å². The summed E-state index contributed by atoms with van der Waals surface area (Å²) in [5.41, 5.74) is 2.05. The van der Waals surface area contributed by atoms with E-state index in [1.54, 1.807) is 30.6 Å². The third-order valence-corrected chi connectivity index (χ3v) is 4.89. The summed E-state index contributed by atoms with van der Waals surface area (Å²) in [7, 11) is -3.79.